The first-order valence-corrected chi connectivity index (χ1v) is 5.16. The maximum absolute atomic E-state index is 13.1. The van der Waals surface area contributed by atoms with Crippen molar-refractivity contribution >= 4 is 23.6 Å². The zero-order valence-corrected chi connectivity index (χ0v) is 9.57. The molecule has 1 aromatic rings. The number of imide groups is 1. The molecule has 0 radical (unpaired) electrons. The zero-order chi connectivity index (χ0) is 14.4. The van der Waals surface area contributed by atoms with Crippen LogP contribution in [-0.2, 0) is 9.59 Å². The van der Waals surface area contributed by atoms with E-state index >= 15 is 0 Å². The van der Waals surface area contributed by atoms with Crippen LogP contribution in [0.25, 0.3) is 0 Å². The summed E-state index contributed by atoms with van der Waals surface area (Å²) in [6.07, 6.45) is -0.832. The van der Waals surface area contributed by atoms with E-state index in [0.717, 1.165) is 18.2 Å². The van der Waals surface area contributed by atoms with E-state index in [2.05, 4.69) is 0 Å². The van der Waals surface area contributed by atoms with E-state index in [9.17, 15) is 23.2 Å². The van der Waals surface area contributed by atoms with Crippen molar-refractivity contribution in [2.75, 3.05) is 5.32 Å². The number of carbonyl (C=O) groups is 3. The second-order valence-corrected chi connectivity index (χ2v) is 3.52. The fourth-order valence-electron chi connectivity index (χ4n) is 1.16. The summed E-state index contributed by atoms with van der Waals surface area (Å²) < 4.78 is 25.9. The molecule has 0 aromatic heterocycles. The molecule has 0 saturated heterocycles. The number of carbonyl (C=O) groups excluding carboxylic acids is 2. The van der Waals surface area contributed by atoms with Crippen LogP contribution in [0.3, 0.4) is 0 Å². The van der Waals surface area contributed by atoms with Gasteiger partial charge >= 0.3 is 12.0 Å². The summed E-state index contributed by atoms with van der Waals surface area (Å²) >= 11 is 0. The molecule has 0 saturated carbocycles. The smallest absolute Gasteiger partial charge is 0.325 e. The molecule has 19 heavy (non-hydrogen) atoms. The van der Waals surface area contributed by atoms with Gasteiger partial charge in [-0.3, -0.25) is 14.9 Å². The largest absolute Gasteiger partial charge is 0.481 e. The number of amides is 3. The molecule has 6 nitrogen and oxygen atoms in total. The van der Waals surface area contributed by atoms with Crippen molar-refractivity contribution in [3.63, 3.8) is 0 Å². The van der Waals surface area contributed by atoms with E-state index in [-0.39, 0.29) is 0 Å². The fraction of sp³-hybridized carbons (Fsp3) is 0.182. The lowest BCUT2D eigenvalue weighted by molar-refractivity contribution is -0.138. The number of hydrogen-bond donors (Lipinski definition) is 3. The number of halogens is 2. The third-order valence-corrected chi connectivity index (χ3v) is 2.00. The first-order chi connectivity index (χ1) is 8.88. The molecule has 102 valence electrons. The van der Waals surface area contributed by atoms with Crippen LogP contribution in [0.15, 0.2) is 18.2 Å². The normalized spacial score (nSPS) is 9.79. The van der Waals surface area contributed by atoms with Gasteiger partial charge in [-0.1, -0.05) is 0 Å². The molecule has 0 aliphatic heterocycles. The molecule has 0 bridgehead atoms. The molecule has 0 aliphatic rings. The Morgan fingerprint density at radius 1 is 1.16 bits per heavy atom. The average molecular weight is 272 g/mol. The quantitative estimate of drug-likeness (QED) is 0.773. The van der Waals surface area contributed by atoms with Gasteiger partial charge < -0.3 is 10.4 Å². The average Bonchev–Trinajstić information content (AvgIpc) is 2.31. The number of carboxylic acids is 1. The molecule has 1 aromatic carbocycles. The number of anilines is 1. The number of carboxylic acid groups (broad SMARTS) is 1. The van der Waals surface area contributed by atoms with Crippen molar-refractivity contribution in [3.05, 3.63) is 29.8 Å². The van der Waals surface area contributed by atoms with E-state index in [0.29, 0.717) is 0 Å². The standard InChI is InChI=1S/C11H10F2N2O4/c12-6-1-2-7(13)8(5-6)14-11(19)15-9(16)3-4-10(17)18/h1-2,5H,3-4H2,(H,17,18)(H2,14,15,16,19). The summed E-state index contributed by atoms with van der Waals surface area (Å²) in [7, 11) is 0. The molecule has 0 spiro atoms. The molecule has 0 unspecified atom stereocenters. The van der Waals surface area contributed by atoms with Crippen LogP contribution >= 0.6 is 0 Å². The van der Waals surface area contributed by atoms with Crippen molar-refractivity contribution in [1.82, 2.24) is 5.32 Å². The van der Waals surface area contributed by atoms with E-state index in [4.69, 9.17) is 5.11 Å². The number of urea groups is 1. The first-order valence-electron chi connectivity index (χ1n) is 5.16. The molecule has 0 atom stereocenters. The molecule has 0 aliphatic carbocycles. The van der Waals surface area contributed by atoms with Gasteiger partial charge in [-0.2, -0.15) is 0 Å². The van der Waals surface area contributed by atoms with E-state index in [1.165, 1.54) is 0 Å². The van der Waals surface area contributed by atoms with Crippen LogP contribution in [0.5, 0.6) is 0 Å². The molecule has 1 rings (SSSR count). The molecular formula is C11H10F2N2O4. The van der Waals surface area contributed by atoms with Gasteiger partial charge in [0.1, 0.15) is 11.6 Å². The highest BCUT2D eigenvalue weighted by Gasteiger charge is 2.12. The molecule has 3 amide bonds. The van der Waals surface area contributed by atoms with Crippen LogP contribution in [0, 0.1) is 11.6 Å². The van der Waals surface area contributed by atoms with Crippen molar-refractivity contribution in [2.24, 2.45) is 0 Å². The number of hydrogen-bond acceptors (Lipinski definition) is 3. The Morgan fingerprint density at radius 3 is 2.47 bits per heavy atom. The van der Waals surface area contributed by atoms with Crippen LogP contribution in [0.1, 0.15) is 12.8 Å². The fourth-order valence-corrected chi connectivity index (χ4v) is 1.16. The minimum Gasteiger partial charge on any atom is -0.481 e. The lowest BCUT2D eigenvalue weighted by Gasteiger charge is -2.07. The summed E-state index contributed by atoms with van der Waals surface area (Å²) in [5, 5.41) is 12.1. The van der Waals surface area contributed by atoms with Gasteiger partial charge in [-0.15, -0.1) is 0 Å². The van der Waals surface area contributed by atoms with E-state index in [1.54, 1.807) is 5.32 Å². The van der Waals surface area contributed by atoms with Crippen molar-refractivity contribution in [2.45, 2.75) is 12.8 Å². The maximum atomic E-state index is 13.1. The van der Waals surface area contributed by atoms with Crippen LogP contribution in [-0.4, -0.2) is 23.0 Å². The predicted molar refractivity (Wildman–Crippen MR) is 60.4 cm³/mol. The Kier molecular flexibility index (Phi) is 4.92. The van der Waals surface area contributed by atoms with Gasteiger partial charge in [0, 0.05) is 12.5 Å². The Labute approximate surface area is 106 Å². The Balaban J connectivity index is 2.53. The van der Waals surface area contributed by atoms with Crippen molar-refractivity contribution in [3.8, 4) is 0 Å². The van der Waals surface area contributed by atoms with Gasteiger partial charge in [0.25, 0.3) is 0 Å². The molecule has 0 fully saturated rings. The Hall–Kier alpha value is -2.51. The topological polar surface area (TPSA) is 95.5 Å². The molecular weight excluding hydrogens is 262 g/mol. The van der Waals surface area contributed by atoms with Crippen LogP contribution < -0.4 is 10.6 Å². The SMILES string of the molecule is O=C(O)CCC(=O)NC(=O)Nc1cc(F)ccc1F. The summed E-state index contributed by atoms with van der Waals surface area (Å²) in [6.45, 7) is 0. The second-order valence-electron chi connectivity index (χ2n) is 3.52. The van der Waals surface area contributed by atoms with E-state index in [1.807, 2.05) is 5.32 Å². The molecule has 8 heteroatoms. The van der Waals surface area contributed by atoms with Gasteiger partial charge in [0.2, 0.25) is 5.91 Å². The predicted octanol–water partition coefficient (Wildman–Crippen LogP) is 1.48. The summed E-state index contributed by atoms with van der Waals surface area (Å²) in [4.78, 5) is 32.5. The lowest BCUT2D eigenvalue weighted by atomic mass is 10.3. The summed E-state index contributed by atoms with van der Waals surface area (Å²) in [5.41, 5.74) is -0.427. The number of benzene rings is 1. The van der Waals surface area contributed by atoms with Gasteiger partial charge in [0.05, 0.1) is 12.1 Å². The third kappa shape index (κ3) is 5.11. The van der Waals surface area contributed by atoms with Gasteiger partial charge in [-0.25, -0.2) is 13.6 Å². The zero-order valence-electron chi connectivity index (χ0n) is 9.57. The summed E-state index contributed by atoms with van der Waals surface area (Å²) in [5.74, 6) is -3.65. The Bertz CT molecular complexity index is 519. The number of aliphatic carboxylic acids is 1. The van der Waals surface area contributed by atoms with Crippen LogP contribution in [0.4, 0.5) is 19.3 Å². The highest BCUT2D eigenvalue weighted by Crippen LogP contribution is 2.14. The highest BCUT2D eigenvalue weighted by atomic mass is 19.1. The number of nitrogens with one attached hydrogen (secondary N) is 2. The monoisotopic (exact) mass is 272 g/mol. The highest BCUT2D eigenvalue weighted by molar-refractivity contribution is 6.01. The second kappa shape index (κ2) is 6.43. The summed E-state index contributed by atoms with van der Waals surface area (Å²) in [6, 6.07) is 1.37. The third-order valence-electron chi connectivity index (χ3n) is 2.00. The van der Waals surface area contributed by atoms with E-state index < -0.39 is 48.1 Å². The first kappa shape index (κ1) is 14.6. The lowest BCUT2D eigenvalue weighted by Crippen LogP contribution is -2.34. The minimum atomic E-state index is -1.19. The van der Waals surface area contributed by atoms with Gasteiger partial charge in [0.15, 0.2) is 0 Å². The number of rotatable bonds is 4. The maximum Gasteiger partial charge on any atom is 0.325 e. The van der Waals surface area contributed by atoms with Gasteiger partial charge in [-0.05, 0) is 12.1 Å². The van der Waals surface area contributed by atoms with Crippen molar-refractivity contribution in [1.29, 1.82) is 0 Å². The molecule has 3 N–H and O–H groups in total. The van der Waals surface area contributed by atoms with Crippen LogP contribution in [0.2, 0.25) is 0 Å². The Morgan fingerprint density at radius 2 is 1.84 bits per heavy atom. The molecule has 0 heterocycles. The van der Waals surface area contributed by atoms with Crippen molar-refractivity contribution < 1.29 is 28.3 Å². The minimum absolute atomic E-state index is 0.394.